The summed E-state index contributed by atoms with van der Waals surface area (Å²) in [6, 6.07) is 9.44. The largest absolute Gasteiger partial charge is 0.544 e. The average molecular weight is 397 g/mol. The van der Waals surface area contributed by atoms with Gasteiger partial charge in [-0.25, -0.2) is 4.98 Å². The van der Waals surface area contributed by atoms with Gasteiger partial charge in [-0.15, -0.1) is 11.3 Å². The van der Waals surface area contributed by atoms with Crippen molar-refractivity contribution >= 4 is 61.1 Å². The van der Waals surface area contributed by atoms with E-state index in [1.807, 2.05) is 30.3 Å². The molecule has 27 heavy (non-hydrogen) atoms. The molecule has 6 nitrogen and oxygen atoms in total. The van der Waals surface area contributed by atoms with Gasteiger partial charge in [0.15, 0.2) is 5.82 Å². The lowest BCUT2D eigenvalue weighted by molar-refractivity contribution is -0.254. The van der Waals surface area contributed by atoms with Crippen molar-refractivity contribution < 1.29 is 9.90 Å². The van der Waals surface area contributed by atoms with Crippen LogP contribution in [0.1, 0.15) is 26.6 Å². The number of carbonyl (C=O) groups excluding carboxylic acids is 1. The van der Waals surface area contributed by atoms with Crippen molar-refractivity contribution in [2.45, 2.75) is 6.92 Å². The Bertz CT molecular complexity index is 1310. The summed E-state index contributed by atoms with van der Waals surface area (Å²) in [5.41, 5.74) is 1.59. The van der Waals surface area contributed by atoms with Crippen LogP contribution < -0.4 is 10.7 Å². The smallest absolute Gasteiger partial charge is 0.260 e. The van der Waals surface area contributed by atoms with Gasteiger partial charge < -0.3 is 14.9 Å². The lowest BCUT2D eigenvalue weighted by atomic mass is 10.1. The number of aromatic carboxylic acids is 1. The van der Waals surface area contributed by atoms with Gasteiger partial charge in [0.2, 0.25) is 0 Å². The zero-order valence-corrected chi connectivity index (χ0v) is 15.5. The topological polar surface area (TPSA) is 98.8 Å². The van der Waals surface area contributed by atoms with Crippen molar-refractivity contribution in [1.29, 1.82) is 0 Å². The van der Waals surface area contributed by atoms with Crippen molar-refractivity contribution in [3.05, 3.63) is 68.7 Å². The molecule has 0 aliphatic heterocycles. The number of fused-ring (bicyclic) bond motifs is 2. The van der Waals surface area contributed by atoms with Crippen LogP contribution >= 0.6 is 22.9 Å². The molecule has 0 radical (unpaired) electrons. The minimum Gasteiger partial charge on any atom is -0.544 e. The fourth-order valence-electron chi connectivity index (χ4n) is 2.85. The highest BCUT2D eigenvalue weighted by Gasteiger charge is 2.15. The summed E-state index contributed by atoms with van der Waals surface area (Å²) in [5.74, 6) is -1.16. The van der Waals surface area contributed by atoms with E-state index in [1.165, 1.54) is 0 Å². The second-order valence-electron chi connectivity index (χ2n) is 5.89. The van der Waals surface area contributed by atoms with E-state index in [-0.39, 0.29) is 21.1 Å². The van der Waals surface area contributed by atoms with E-state index in [4.69, 9.17) is 11.6 Å². The summed E-state index contributed by atoms with van der Waals surface area (Å²) in [6.45, 7) is 1.56. The molecule has 4 rings (SSSR count). The number of nitrogens with zero attached hydrogens (tertiary/aromatic N) is 2. The Morgan fingerprint density at radius 2 is 2.15 bits per heavy atom. The van der Waals surface area contributed by atoms with Crippen LogP contribution in [0.4, 0.5) is 0 Å². The number of thiophene rings is 1. The molecule has 3 aromatic heterocycles. The summed E-state index contributed by atoms with van der Waals surface area (Å²) in [6.07, 6.45) is 3.40. The quantitative estimate of drug-likeness (QED) is 0.574. The van der Waals surface area contributed by atoms with Crippen molar-refractivity contribution in [2.24, 2.45) is 0 Å². The van der Waals surface area contributed by atoms with E-state index in [1.54, 1.807) is 19.2 Å². The van der Waals surface area contributed by atoms with Crippen molar-refractivity contribution in [3.8, 4) is 0 Å². The third-order valence-electron chi connectivity index (χ3n) is 4.13. The molecule has 4 aromatic rings. The van der Waals surface area contributed by atoms with Crippen LogP contribution in [0.3, 0.4) is 0 Å². The molecule has 0 atom stereocenters. The van der Waals surface area contributed by atoms with E-state index in [0.29, 0.717) is 10.4 Å². The predicted molar refractivity (Wildman–Crippen MR) is 105 cm³/mol. The standard InChI is InChI=1S/C19H12ClN3O3S/c1-9-14-17(24)22-16(23-18(14)27-15(9)19(25)26)12(20)8-10-4-5-13-11(7-10)3-2-6-21-13/h2-8H,1H3,(H,25,26)(H,22,23,24)/p-1/b12-8-. The molecule has 3 heterocycles. The number of carboxylic acids is 1. The number of pyridine rings is 1. The number of carbonyl (C=O) groups is 1. The van der Waals surface area contributed by atoms with Crippen molar-refractivity contribution in [2.75, 3.05) is 0 Å². The van der Waals surface area contributed by atoms with Crippen molar-refractivity contribution in [3.63, 3.8) is 0 Å². The van der Waals surface area contributed by atoms with E-state index < -0.39 is 11.5 Å². The Morgan fingerprint density at radius 3 is 2.93 bits per heavy atom. The molecule has 0 aliphatic rings. The Morgan fingerprint density at radius 1 is 1.33 bits per heavy atom. The summed E-state index contributed by atoms with van der Waals surface area (Å²) in [7, 11) is 0. The SMILES string of the molecule is Cc1c(C(=O)[O-])sc2nc(/C(Cl)=C/c3ccc4ncccc4c3)[nH]c(=O)c12. The second-order valence-corrected chi connectivity index (χ2v) is 7.29. The molecular weight excluding hydrogens is 386 g/mol. The second kappa shape index (κ2) is 6.61. The zero-order valence-electron chi connectivity index (χ0n) is 13.9. The maximum atomic E-state index is 12.4. The number of hydrogen-bond acceptors (Lipinski definition) is 6. The van der Waals surface area contributed by atoms with Gasteiger partial charge in [-0.05, 0) is 42.3 Å². The number of carboxylic acid groups (broad SMARTS) is 1. The molecule has 1 N–H and O–H groups in total. The summed E-state index contributed by atoms with van der Waals surface area (Å²) in [5, 5.41) is 12.6. The molecule has 1 aromatic carbocycles. The first-order valence-corrected chi connectivity index (χ1v) is 9.10. The molecule has 134 valence electrons. The number of halogens is 1. The van der Waals surface area contributed by atoms with Crippen LogP contribution in [0.15, 0.2) is 41.3 Å². The Kier molecular flexibility index (Phi) is 4.25. The number of aryl methyl sites for hydroxylation is 1. The molecular formula is C19H11ClN3O3S-. The molecule has 0 bridgehead atoms. The van der Waals surface area contributed by atoms with Gasteiger partial charge in [-0.2, -0.15) is 0 Å². The average Bonchev–Trinajstić information content (AvgIpc) is 2.99. The summed E-state index contributed by atoms with van der Waals surface area (Å²) >= 11 is 7.26. The highest BCUT2D eigenvalue weighted by molar-refractivity contribution is 7.20. The number of aromatic nitrogens is 3. The van der Waals surface area contributed by atoms with E-state index in [9.17, 15) is 14.7 Å². The monoisotopic (exact) mass is 396 g/mol. The first kappa shape index (κ1) is 17.4. The first-order chi connectivity index (χ1) is 12.9. The molecule has 0 saturated carbocycles. The third-order valence-corrected chi connectivity index (χ3v) is 5.59. The maximum absolute atomic E-state index is 12.4. The van der Waals surface area contributed by atoms with Crippen molar-refractivity contribution in [1.82, 2.24) is 15.0 Å². The minimum atomic E-state index is -1.33. The first-order valence-electron chi connectivity index (χ1n) is 7.91. The molecule has 0 spiro atoms. The molecule has 0 fully saturated rings. The van der Waals surface area contributed by atoms with E-state index in [0.717, 1.165) is 27.8 Å². The fraction of sp³-hybridized carbons (Fsp3) is 0.0526. The highest BCUT2D eigenvalue weighted by Crippen LogP contribution is 2.28. The van der Waals surface area contributed by atoms with Gasteiger partial charge in [0.05, 0.1) is 26.8 Å². The molecule has 8 heteroatoms. The van der Waals surface area contributed by atoms with Crippen LogP contribution in [0, 0.1) is 6.92 Å². The van der Waals surface area contributed by atoms with Gasteiger partial charge in [0.25, 0.3) is 5.56 Å². The van der Waals surface area contributed by atoms with Gasteiger partial charge >= 0.3 is 0 Å². The minimum absolute atomic E-state index is 0.0118. The fourth-order valence-corrected chi connectivity index (χ4v) is 4.08. The lowest BCUT2D eigenvalue weighted by Crippen LogP contribution is -2.21. The number of hydrogen-bond donors (Lipinski definition) is 1. The molecule has 0 unspecified atom stereocenters. The third kappa shape index (κ3) is 3.11. The van der Waals surface area contributed by atoms with Gasteiger partial charge in [0.1, 0.15) is 4.83 Å². The molecule has 0 saturated heterocycles. The van der Waals surface area contributed by atoms with Crippen LogP contribution in [-0.4, -0.2) is 20.9 Å². The van der Waals surface area contributed by atoms with E-state index in [2.05, 4.69) is 15.0 Å². The lowest BCUT2D eigenvalue weighted by Gasteiger charge is -2.02. The number of rotatable bonds is 3. The number of H-pyrrole nitrogens is 1. The number of nitrogens with one attached hydrogen (secondary N) is 1. The summed E-state index contributed by atoms with van der Waals surface area (Å²) in [4.78, 5) is 35.1. The van der Waals surface area contributed by atoms with Gasteiger partial charge in [-0.1, -0.05) is 23.7 Å². The van der Waals surface area contributed by atoms with Gasteiger partial charge in [0, 0.05) is 11.6 Å². The van der Waals surface area contributed by atoms with Crippen LogP contribution in [-0.2, 0) is 0 Å². The van der Waals surface area contributed by atoms with Crippen LogP contribution in [0.25, 0.3) is 32.2 Å². The molecule has 0 aliphatic carbocycles. The number of aromatic amines is 1. The molecule has 0 amide bonds. The Hall–Kier alpha value is -3.03. The summed E-state index contributed by atoms with van der Waals surface area (Å²) < 4.78 is 0. The maximum Gasteiger partial charge on any atom is 0.260 e. The predicted octanol–water partition coefficient (Wildman–Crippen LogP) is 2.94. The van der Waals surface area contributed by atoms with Gasteiger partial charge in [-0.3, -0.25) is 9.78 Å². The Labute approximate surface area is 161 Å². The normalized spacial score (nSPS) is 12.0. The van der Waals surface area contributed by atoms with Crippen LogP contribution in [0.2, 0.25) is 0 Å². The zero-order chi connectivity index (χ0) is 19.1. The van der Waals surface area contributed by atoms with Crippen LogP contribution in [0.5, 0.6) is 0 Å². The highest BCUT2D eigenvalue weighted by atomic mass is 35.5. The van der Waals surface area contributed by atoms with E-state index >= 15 is 0 Å². The Balaban J connectivity index is 1.81. The number of benzene rings is 1.